The number of aliphatic carboxylic acids is 2. The fourth-order valence-corrected chi connectivity index (χ4v) is 2.16. The molecule has 0 saturated carbocycles. The van der Waals surface area contributed by atoms with Gasteiger partial charge in [-0.25, -0.2) is 4.98 Å². The normalized spacial score (nSPS) is 13.5. The molecule has 1 aromatic heterocycles. The fourth-order valence-electron chi connectivity index (χ4n) is 2.16. The number of carboxylic acid groups (broad SMARTS) is 2. The largest absolute Gasteiger partial charge is 0.481 e. The van der Waals surface area contributed by atoms with E-state index in [0.29, 0.717) is 11.3 Å². The van der Waals surface area contributed by atoms with Gasteiger partial charge in [0, 0.05) is 24.9 Å². The topological polar surface area (TPSA) is 115 Å². The van der Waals surface area contributed by atoms with E-state index in [1.165, 1.54) is 6.33 Å². The van der Waals surface area contributed by atoms with Crippen LogP contribution in [0, 0.1) is 0 Å². The first-order valence-electron chi connectivity index (χ1n) is 6.79. The summed E-state index contributed by atoms with van der Waals surface area (Å²) >= 11 is 0. The predicted octanol–water partition coefficient (Wildman–Crippen LogP) is 0.863. The molecule has 7 heteroatoms. The average molecular weight is 303 g/mol. The van der Waals surface area contributed by atoms with Crippen LogP contribution in [0.15, 0.2) is 42.9 Å². The summed E-state index contributed by atoms with van der Waals surface area (Å²) in [5.41, 5.74) is 1.31. The van der Waals surface area contributed by atoms with E-state index in [-0.39, 0.29) is 13.0 Å². The molecule has 2 aromatic rings. The Hall–Kier alpha value is -2.67. The van der Waals surface area contributed by atoms with E-state index >= 15 is 0 Å². The monoisotopic (exact) mass is 303 g/mol. The maximum Gasteiger partial charge on any atom is 0.321 e. The summed E-state index contributed by atoms with van der Waals surface area (Å²) in [6.45, 7) is 0.0322. The van der Waals surface area contributed by atoms with E-state index in [1.807, 2.05) is 0 Å². The molecule has 116 valence electrons. The minimum absolute atomic E-state index is 0.0322. The van der Waals surface area contributed by atoms with E-state index in [0.717, 1.165) is 0 Å². The van der Waals surface area contributed by atoms with Gasteiger partial charge in [-0.15, -0.1) is 0 Å². The Morgan fingerprint density at radius 3 is 2.45 bits per heavy atom. The molecule has 2 rings (SSSR count). The van der Waals surface area contributed by atoms with Gasteiger partial charge in [-0.3, -0.25) is 9.59 Å². The van der Waals surface area contributed by atoms with E-state index < -0.39 is 23.9 Å². The zero-order valence-electron chi connectivity index (χ0n) is 11.8. The number of nitrogens with zero attached hydrogens (tertiary/aromatic N) is 1. The first-order chi connectivity index (χ1) is 10.6. The number of nitrogens with one attached hydrogen (secondary N) is 2. The number of imidazole rings is 1. The smallest absolute Gasteiger partial charge is 0.321 e. The van der Waals surface area contributed by atoms with Crippen LogP contribution < -0.4 is 5.32 Å². The molecule has 2 unspecified atom stereocenters. The lowest BCUT2D eigenvalue weighted by Gasteiger charge is -2.18. The van der Waals surface area contributed by atoms with Gasteiger partial charge in [0.05, 0.1) is 12.2 Å². The molecule has 1 heterocycles. The Morgan fingerprint density at radius 2 is 1.91 bits per heavy atom. The van der Waals surface area contributed by atoms with Crippen molar-refractivity contribution >= 4 is 11.9 Å². The number of carboxylic acids is 2. The van der Waals surface area contributed by atoms with Crippen LogP contribution >= 0.6 is 0 Å². The first kappa shape index (κ1) is 15.7. The number of H-pyrrole nitrogens is 1. The van der Waals surface area contributed by atoms with Gasteiger partial charge in [-0.2, -0.15) is 0 Å². The van der Waals surface area contributed by atoms with Gasteiger partial charge < -0.3 is 20.5 Å². The third kappa shape index (κ3) is 4.16. The molecule has 0 radical (unpaired) electrons. The number of aromatic nitrogens is 2. The zero-order chi connectivity index (χ0) is 15.9. The van der Waals surface area contributed by atoms with Crippen molar-refractivity contribution in [2.75, 3.05) is 6.54 Å². The Morgan fingerprint density at radius 1 is 1.18 bits per heavy atom. The van der Waals surface area contributed by atoms with Crippen molar-refractivity contribution in [2.45, 2.75) is 18.4 Å². The highest BCUT2D eigenvalue weighted by Gasteiger charge is 2.24. The maximum atomic E-state index is 11.4. The molecule has 2 atom stereocenters. The molecule has 22 heavy (non-hydrogen) atoms. The van der Waals surface area contributed by atoms with Gasteiger partial charge in [0.2, 0.25) is 0 Å². The Bertz CT molecular complexity index is 613. The number of carbonyl (C=O) groups is 2. The molecule has 0 aliphatic heterocycles. The molecule has 0 aliphatic carbocycles. The van der Waals surface area contributed by atoms with E-state index in [2.05, 4.69) is 15.3 Å². The molecule has 0 amide bonds. The number of hydrogen-bond acceptors (Lipinski definition) is 4. The van der Waals surface area contributed by atoms with Crippen LogP contribution in [0.3, 0.4) is 0 Å². The quantitative estimate of drug-likeness (QED) is 0.575. The predicted molar refractivity (Wildman–Crippen MR) is 78.5 cm³/mol. The van der Waals surface area contributed by atoms with E-state index in [9.17, 15) is 19.8 Å². The summed E-state index contributed by atoms with van der Waals surface area (Å²) in [6, 6.07) is 7.85. The lowest BCUT2D eigenvalue weighted by atomic mass is 9.98. The summed E-state index contributed by atoms with van der Waals surface area (Å²) in [5, 5.41) is 21.4. The lowest BCUT2D eigenvalue weighted by molar-refractivity contribution is -0.141. The van der Waals surface area contributed by atoms with Crippen LogP contribution in [0.4, 0.5) is 0 Å². The summed E-state index contributed by atoms with van der Waals surface area (Å²) in [5.74, 6) is -2.83. The molecule has 7 nitrogen and oxygen atoms in total. The Kier molecular flexibility index (Phi) is 5.26. The number of benzene rings is 1. The molecule has 0 fully saturated rings. The number of aromatic amines is 1. The van der Waals surface area contributed by atoms with Crippen molar-refractivity contribution in [3.05, 3.63) is 54.1 Å². The van der Waals surface area contributed by atoms with Gasteiger partial charge in [0.1, 0.15) is 6.04 Å². The lowest BCUT2D eigenvalue weighted by Crippen LogP contribution is -2.42. The summed E-state index contributed by atoms with van der Waals surface area (Å²) in [7, 11) is 0. The van der Waals surface area contributed by atoms with Crippen molar-refractivity contribution in [1.82, 2.24) is 15.3 Å². The first-order valence-corrected chi connectivity index (χ1v) is 6.79. The van der Waals surface area contributed by atoms with Crippen LogP contribution in [0.2, 0.25) is 0 Å². The maximum absolute atomic E-state index is 11.4. The van der Waals surface area contributed by atoms with Crippen molar-refractivity contribution in [2.24, 2.45) is 0 Å². The van der Waals surface area contributed by atoms with Crippen LogP contribution in [0.5, 0.6) is 0 Å². The Balaban J connectivity index is 2.03. The second kappa shape index (κ2) is 7.37. The highest BCUT2D eigenvalue weighted by molar-refractivity contribution is 5.77. The molecule has 0 bridgehead atoms. The molecular weight excluding hydrogens is 286 g/mol. The number of hydrogen-bond donors (Lipinski definition) is 4. The van der Waals surface area contributed by atoms with Crippen molar-refractivity contribution < 1.29 is 19.8 Å². The second-order valence-electron chi connectivity index (χ2n) is 4.88. The molecule has 1 aromatic carbocycles. The summed E-state index contributed by atoms with van der Waals surface area (Å²) in [4.78, 5) is 29.4. The second-order valence-corrected chi connectivity index (χ2v) is 4.88. The third-order valence-corrected chi connectivity index (χ3v) is 3.35. The molecule has 4 N–H and O–H groups in total. The van der Waals surface area contributed by atoms with Crippen LogP contribution in [0.25, 0.3) is 0 Å². The van der Waals surface area contributed by atoms with Crippen LogP contribution in [-0.2, 0) is 16.0 Å². The van der Waals surface area contributed by atoms with Gasteiger partial charge in [0.15, 0.2) is 0 Å². The molecular formula is C15H17N3O4. The highest BCUT2D eigenvalue weighted by atomic mass is 16.4. The average Bonchev–Trinajstić information content (AvgIpc) is 3.00. The molecule has 0 spiro atoms. The van der Waals surface area contributed by atoms with Crippen molar-refractivity contribution in [1.29, 1.82) is 0 Å². The van der Waals surface area contributed by atoms with Gasteiger partial charge in [0.25, 0.3) is 0 Å². The van der Waals surface area contributed by atoms with Gasteiger partial charge in [-0.1, -0.05) is 30.3 Å². The SMILES string of the molecule is O=C(O)C(Cc1cnc[nH]1)NCC(C(=O)O)c1ccccc1. The van der Waals surface area contributed by atoms with E-state index in [4.69, 9.17) is 0 Å². The summed E-state index contributed by atoms with van der Waals surface area (Å²) in [6.07, 6.45) is 3.22. The third-order valence-electron chi connectivity index (χ3n) is 3.35. The standard InChI is InChI=1S/C15H17N3O4/c19-14(20)12(10-4-2-1-3-5-10)8-17-13(15(21)22)6-11-7-16-9-18-11/h1-5,7,9,12-13,17H,6,8H2,(H,16,18)(H,19,20)(H,21,22). The fraction of sp³-hybridized carbons (Fsp3) is 0.267. The van der Waals surface area contributed by atoms with Crippen LogP contribution in [-0.4, -0.2) is 44.7 Å². The van der Waals surface area contributed by atoms with Crippen LogP contribution in [0.1, 0.15) is 17.2 Å². The molecule has 0 saturated heterocycles. The summed E-state index contributed by atoms with van der Waals surface area (Å²) < 4.78 is 0. The highest BCUT2D eigenvalue weighted by Crippen LogP contribution is 2.15. The zero-order valence-corrected chi connectivity index (χ0v) is 11.8. The minimum atomic E-state index is -1.04. The van der Waals surface area contributed by atoms with Gasteiger partial charge in [-0.05, 0) is 5.56 Å². The van der Waals surface area contributed by atoms with Crippen molar-refractivity contribution in [3.8, 4) is 0 Å². The van der Waals surface area contributed by atoms with Crippen molar-refractivity contribution in [3.63, 3.8) is 0 Å². The van der Waals surface area contributed by atoms with Gasteiger partial charge >= 0.3 is 11.9 Å². The molecule has 0 aliphatic rings. The number of rotatable bonds is 8. The minimum Gasteiger partial charge on any atom is -0.481 e. The van der Waals surface area contributed by atoms with E-state index in [1.54, 1.807) is 36.5 Å². The Labute approximate surface area is 127 Å².